The summed E-state index contributed by atoms with van der Waals surface area (Å²) < 4.78 is 30.6. The number of hydrogen-bond donors (Lipinski definition) is 1. The van der Waals surface area contributed by atoms with Crippen LogP contribution in [0.5, 0.6) is 0 Å². The van der Waals surface area contributed by atoms with Crippen LogP contribution in [0.2, 0.25) is 0 Å². The van der Waals surface area contributed by atoms with Crippen molar-refractivity contribution < 1.29 is 13.2 Å². The highest BCUT2D eigenvalue weighted by molar-refractivity contribution is 7.89. The van der Waals surface area contributed by atoms with Crippen LogP contribution < -0.4 is 4.72 Å². The number of nitrogens with one attached hydrogen (secondary N) is 1. The molecule has 18 heavy (non-hydrogen) atoms. The van der Waals surface area contributed by atoms with E-state index in [0.717, 1.165) is 19.5 Å². The maximum Gasteiger partial charge on any atom is 0.213 e. The van der Waals surface area contributed by atoms with Gasteiger partial charge in [-0.2, -0.15) is 0 Å². The highest BCUT2D eigenvalue weighted by Gasteiger charge is 2.20. The van der Waals surface area contributed by atoms with Crippen molar-refractivity contribution in [2.45, 2.75) is 38.6 Å². The normalized spacial score (nSPS) is 22.2. The van der Waals surface area contributed by atoms with Gasteiger partial charge in [0.15, 0.2) is 0 Å². The van der Waals surface area contributed by atoms with Crippen molar-refractivity contribution >= 4 is 10.0 Å². The Bertz CT molecular complexity index is 319. The maximum absolute atomic E-state index is 11.6. The molecule has 0 aromatic rings. The number of piperidine rings is 1. The molecule has 1 heterocycles. The number of hydrogen-bond acceptors (Lipinski definition) is 4. The van der Waals surface area contributed by atoms with Crippen LogP contribution in [0.15, 0.2) is 0 Å². The molecule has 0 radical (unpaired) electrons. The Balaban J connectivity index is 2.27. The van der Waals surface area contributed by atoms with Gasteiger partial charge in [0.05, 0.1) is 12.4 Å². The molecule has 5 nitrogen and oxygen atoms in total. The summed E-state index contributed by atoms with van der Waals surface area (Å²) in [6.07, 6.45) is 4.92. The standard InChI is InChI=1S/C12H26N2O3S/c1-3-12-6-4-5-8-14(12)9-7-13-18(15,16)11-10-17-2/h12-13H,3-11H2,1-2H3. The van der Waals surface area contributed by atoms with Crippen molar-refractivity contribution in [1.82, 2.24) is 9.62 Å². The van der Waals surface area contributed by atoms with E-state index in [9.17, 15) is 8.42 Å². The molecule has 1 unspecified atom stereocenters. The minimum Gasteiger partial charge on any atom is -0.384 e. The van der Waals surface area contributed by atoms with Crippen molar-refractivity contribution in [2.24, 2.45) is 0 Å². The minimum absolute atomic E-state index is 0.0424. The predicted molar refractivity (Wildman–Crippen MR) is 73.2 cm³/mol. The van der Waals surface area contributed by atoms with Gasteiger partial charge in [-0.05, 0) is 25.8 Å². The predicted octanol–water partition coefficient (Wildman–Crippen LogP) is 0.817. The van der Waals surface area contributed by atoms with Crippen LogP contribution in [0.3, 0.4) is 0 Å². The molecule has 6 heteroatoms. The van der Waals surface area contributed by atoms with Crippen LogP contribution in [-0.4, -0.2) is 58.5 Å². The summed E-state index contributed by atoms with van der Waals surface area (Å²) in [5.74, 6) is 0.0424. The summed E-state index contributed by atoms with van der Waals surface area (Å²) in [6.45, 7) is 4.86. The van der Waals surface area contributed by atoms with Crippen molar-refractivity contribution in [3.8, 4) is 0 Å². The molecule has 0 saturated carbocycles. The fourth-order valence-corrected chi connectivity index (χ4v) is 3.36. The molecule has 1 N–H and O–H groups in total. The van der Waals surface area contributed by atoms with Crippen LogP contribution in [-0.2, 0) is 14.8 Å². The van der Waals surface area contributed by atoms with Gasteiger partial charge in [0.2, 0.25) is 10.0 Å². The molecule has 1 saturated heterocycles. The van der Waals surface area contributed by atoms with E-state index in [0.29, 0.717) is 12.6 Å². The molecule has 0 spiro atoms. The van der Waals surface area contributed by atoms with E-state index in [-0.39, 0.29) is 12.4 Å². The number of nitrogens with zero attached hydrogens (tertiary/aromatic N) is 1. The maximum atomic E-state index is 11.6. The molecule has 1 aliphatic rings. The zero-order chi connectivity index (χ0) is 13.4. The topological polar surface area (TPSA) is 58.6 Å². The molecule has 0 aliphatic carbocycles. The molecule has 1 fully saturated rings. The number of ether oxygens (including phenoxy) is 1. The Kier molecular flexibility index (Phi) is 7.14. The molecule has 0 aromatic heterocycles. The minimum atomic E-state index is -3.17. The van der Waals surface area contributed by atoms with Crippen molar-refractivity contribution in [3.63, 3.8) is 0 Å². The average molecular weight is 278 g/mol. The van der Waals surface area contributed by atoms with E-state index in [1.165, 1.54) is 26.4 Å². The van der Waals surface area contributed by atoms with E-state index in [2.05, 4.69) is 16.5 Å². The summed E-state index contributed by atoms with van der Waals surface area (Å²) in [7, 11) is -1.66. The van der Waals surface area contributed by atoms with Gasteiger partial charge in [0, 0.05) is 26.2 Å². The number of methoxy groups -OCH3 is 1. The van der Waals surface area contributed by atoms with E-state index in [4.69, 9.17) is 4.74 Å². The zero-order valence-electron chi connectivity index (χ0n) is 11.5. The first-order chi connectivity index (χ1) is 8.59. The second-order valence-electron chi connectivity index (χ2n) is 4.80. The molecule has 0 aromatic carbocycles. The Hall–Kier alpha value is -0.170. The molecule has 1 atom stereocenters. The molecule has 1 aliphatic heterocycles. The number of likely N-dealkylation sites (tertiary alicyclic amines) is 1. The number of rotatable bonds is 8. The van der Waals surface area contributed by atoms with Crippen LogP contribution in [0.25, 0.3) is 0 Å². The Morgan fingerprint density at radius 1 is 1.39 bits per heavy atom. The van der Waals surface area contributed by atoms with Gasteiger partial charge in [0.1, 0.15) is 0 Å². The van der Waals surface area contributed by atoms with Gasteiger partial charge in [0.25, 0.3) is 0 Å². The van der Waals surface area contributed by atoms with Crippen LogP contribution in [0.4, 0.5) is 0 Å². The highest BCUT2D eigenvalue weighted by atomic mass is 32.2. The molecular weight excluding hydrogens is 252 g/mol. The van der Waals surface area contributed by atoms with E-state index < -0.39 is 10.0 Å². The molecule has 108 valence electrons. The summed E-state index contributed by atoms with van der Waals surface area (Å²) in [4.78, 5) is 2.41. The molecule has 0 bridgehead atoms. The summed E-state index contributed by atoms with van der Waals surface area (Å²) >= 11 is 0. The van der Waals surface area contributed by atoms with Gasteiger partial charge in [-0.15, -0.1) is 0 Å². The first-order valence-electron chi connectivity index (χ1n) is 6.79. The van der Waals surface area contributed by atoms with Crippen molar-refractivity contribution in [2.75, 3.05) is 39.1 Å². The van der Waals surface area contributed by atoms with Gasteiger partial charge < -0.3 is 4.74 Å². The zero-order valence-corrected chi connectivity index (χ0v) is 12.3. The SMILES string of the molecule is CCC1CCCCN1CCNS(=O)(=O)CCOC. The van der Waals surface area contributed by atoms with Gasteiger partial charge in [-0.3, -0.25) is 4.90 Å². The Labute approximate surface area is 111 Å². The second-order valence-corrected chi connectivity index (χ2v) is 6.73. The van der Waals surface area contributed by atoms with Crippen LogP contribution in [0, 0.1) is 0 Å². The largest absolute Gasteiger partial charge is 0.384 e. The first kappa shape index (κ1) is 15.9. The third-order valence-corrected chi connectivity index (χ3v) is 4.85. The fourth-order valence-electron chi connectivity index (χ4n) is 2.43. The van der Waals surface area contributed by atoms with Crippen LogP contribution in [0.1, 0.15) is 32.6 Å². The smallest absolute Gasteiger partial charge is 0.213 e. The first-order valence-corrected chi connectivity index (χ1v) is 8.44. The summed E-state index contributed by atoms with van der Waals surface area (Å²) in [5.41, 5.74) is 0. The van der Waals surface area contributed by atoms with E-state index >= 15 is 0 Å². The number of sulfonamides is 1. The summed E-state index contributed by atoms with van der Waals surface area (Å²) in [6, 6.07) is 0.627. The third kappa shape index (κ3) is 5.65. The quantitative estimate of drug-likeness (QED) is 0.714. The van der Waals surface area contributed by atoms with Gasteiger partial charge in [-0.1, -0.05) is 13.3 Å². The monoisotopic (exact) mass is 278 g/mol. The Morgan fingerprint density at radius 2 is 2.17 bits per heavy atom. The third-order valence-electron chi connectivity index (χ3n) is 3.50. The van der Waals surface area contributed by atoms with Gasteiger partial charge >= 0.3 is 0 Å². The van der Waals surface area contributed by atoms with Crippen molar-refractivity contribution in [3.05, 3.63) is 0 Å². The average Bonchev–Trinajstić information content (AvgIpc) is 2.37. The molecule has 0 amide bonds. The molecule has 1 rings (SSSR count). The second kappa shape index (κ2) is 8.09. The van der Waals surface area contributed by atoms with Gasteiger partial charge in [-0.25, -0.2) is 13.1 Å². The van der Waals surface area contributed by atoms with Crippen molar-refractivity contribution in [1.29, 1.82) is 0 Å². The summed E-state index contributed by atoms with van der Waals surface area (Å²) in [5, 5.41) is 0. The fraction of sp³-hybridized carbons (Fsp3) is 1.00. The lowest BCUT2D eigenvalue weighted by Gasteiger charge is -2.35. The highest BCUT2D eigenvalue weighted by Crippen LogP contribution is 2.18. The lowest BCUT2D eigenvalue weighted by Crippen LogP contribution is -2.44. The van der Waals surface area contributed by atoms with E-state index in [1.807, 2.05) is 0 Å². The lowest BCUT2D eigenvalue weighted by atomic mass is 10.0. The Morgan fingerprint density at radius 3 is 2.83 bits per heavy atom. The molecular formula is C12H26N2O3S. The van der Waals surface area contributed by atoms with Crippen LogP contribution >= 0.6 is 0 Å². The van der Waals surface area contributed by atoms with E-state index in [1.54, 1.807) is 0 Å². The lowest BCUT2D eigenvalue weighted by molar-refractivity contribution is 0.147.